The van der Waals surface area contributed by atoms with Gasteiger partial charge in [-0.05, 0) is 47.2 Å². The Kier molecular flexibility index (Phi) is 3.34. The largest absolute Gasteiger partial charge is 0.397 e. The van der Waals surface area contributed by atoms with Gasteiger partial charge in [0.05, 0.1) is 22.3 Å². The molecule has 5 nitrogen and oxygen atoms in total. The number of hydrogen-bond donors (Lipinski definition) is 1. The van der Waals surface area contributed by atoms with Gasteiger partial charge in [0.2, 0.25) is 0 Å². The number of anilines is 1. The van der Waals surface area contributed by atoms with Crippen molar-refractivity contribution in [3.8, 4) is 11.4 Å². The van der Waals surface area contributed by atoms with Crippen molar-refractivity contribution in [3.63, 3.8) is 0 Å². The summed E-state index contributed by atoms with van der Waals surface area (Å²) in [4.78, 5) is 0. The Morgan fingerprint density at radius 1 is 1.35 bits per heavy atom. The molecule has 1 aromatic carbocycles. The monoisotopic (exact) mass is 311 g/mol. The van der Waals surface area contributed by atoms with E-state index in [0.29, 0.717) is 27.0 Å². The predicted octanol–water partition coefficient (Wildman–Crippen LogP) is 3.42. The standard InChI is InChI=1S/C13H15Cl2N5/c1-2-13(3-4-13)7-20-12(17-18-19-20)8-5-9(14)11(15)10(16)6-8/h5-6H,2-4,7,16H2,1H3. The molecule has 2 N–H and O–H groups in total. The van der Waals surface area contributed by atoms with Crippen LogP contribution in [0.1, 0.15) is 26.2 Å². The number of rotatable bonds is 4. The van der Waals surface area contributed by atoms with Gasteiger partial charge in [0.1, 0.15) is 0 Å². The maximum absolute atomic E-state index is 6.07. The molecule has 0 unspecified atom stereocenters. The quantitative estimate of drug-likeness (QED) is 0.878. The Morgan fingerprint density at radius 2 is 2.10 bits per heavy atom. The van der Waals surface area contributed by atoms with Crippen LogP contribution in [0.25, 0.3) is 11.4 Å². The Balaban J connectivity index is 1.97. The fourth-order valence-corrected chi connectivity index (χ4v) is 2.71. The van der Waals surface area contributed by atoms with E-state index in [9.17, 15) is 0 Å². The molecule has 0 spiro atoms. The summed E-state index contributed by atoms with van der Waals surface area (Å²) in [5, 5.41) is 12.7. The summed E-state index contributed by atoms with van der Waals surface area (Å²) < 4.78 is 1.83. The maximum atomic E-state index is 6.07. The minimum atomic E-state index is 0.353. The molecule has 20 heavy (non-hydrogen) atoms. The molecule has 1 fully saturated rings. The van der Waals surface area contributed by atoms with Crippen molar-refractivity contribution in [3.05, 3.63) is 22.2 Å². The minimum Gasteiger partial charge on any atom is -0.397 e. The average Bonchev–Trinajstić information content (AvgIpc) is 3.05. The van der Waals surface area contributed by atoms with Gasteiger partial charge in [0.25, 0.3) is 0 Å². The lowest BCUT2D eigenvalue weighted by Gasteiger charge is -2.13. The van der Waals surface area contributed by atoms with Gasteiger partial charge in [-0.15, -0.1) is 5.10 Å². The molecule has 1 heterocycles. The van der Waals surface area contributed by atoms with E-state index in [-0.39, 0.29) is 0 Å². The fraction of sp³-hybridized carbons (Fsp3) is 0.462. The summed E-state index contributed by atoms with van der Waals surface area (Å²) in [7, 11) is 0. The summed E-state index contributed by atoms with van der Waals surface area (Å²) in [5.41, 5.74) is 7.42. The number of benzene rings is 1. The number of aromatic nitrogens is 4. The number of nitrogen functional groups attached to an aromatic ring is 1. The molecule has 1 aliphatic carbocycles. The summed E-state index contributed by atoms with van der Waals surface area (Å²) in [6.07, 6.45) is 3.59. The van der Waals surface area contributed by atoms with Crippen LogP contribution >= 0.6 is 23.2 Å². The molecule has 0 amide bonds. The highest BCUT2D eigenvalue weighted by atomic mass is 35.5. The van der Waals surface area contributed by atoms with Crippen molar-refractivity contribution in [1.82, 2.24) is 20.2 Å². The molecule has 106 valence electrons. The second-order valence-electron chi connectivity index (χ2n) is 5.37. The lowest BCUT2D eigenvalue weighted by molar-refractivity contribution is 0.382. The van der Waals surface area contributed by atoms with Crippen LogP contribution < -0.4 is 5.73 Å². The van der Waals surface area contributed by atoms with Crippen molar-refractivity contribution < 1.29 is 0 Å². The summed E-state index contributed by atoms with van der Waals surface area (Å²) in [6.45, 7) is 3.03. The summed E-state index contributed by atoms with van der Waals surface area (Å²) in [5.74, 6) is 0.676. The lowest BCUT2D eigenvalue weighted by atomic mass is 10.0. The van der Waals surface area contributed by atoms with Crippen LogP contribution in [-0.4, -0.2) is 20.2 Å². The number of hydrogen-bond acceptors (Lipinski definition) is 4. The Bertz CT molecular complexity index is 625. The highest BCUT2D eigenvalue weighted by molar-refractivity contribution is 6.43. The van der Waals surface area contributed by atoms with Gasteiger partial charge in [0.15, 0.2) is 5.82 Å². The molecule has 0 aliphatic heterocycles. The normalized spacial score (nSPS) is 16.4. The Morgan fingerprint density at radius 3 is 2.70 bits per heavy atom. The average molecular weight is 312 g/mol. The van der Waals surface area contributed by atoms with Crippen LogP contribution in [-0.2, 0) is 6.54 Å². The van der Waals surface area contributed by atoms with Crippen molar-refractivity contribution in [1.29, 1.82) is 0 Å². The van der Waals surface area contributed by atoms with Crippen LogP contribution in [0.2, 0.25) is 10.0 Å². The number of nitrogens with two attached hydrogens (primary N) is 1. The predicted molar refractivity (Wildman–Crippen MR) is 79.6 cm³/mol. The second kappa shape index (κ2) is 4.90. The zero-order valence-electron chi connectivity index (χ0n) is 11.1. The number of tetrazole rings is 1. The maximum Gasteiger partial charge on any atom is 0.182 e. The topological polar surface area (TPSA) is 69.6 Å². The molecule has 1 saturated carbocycles. The van der Waals surface area contributed by atoms with Gasteiger partial charge in [0, 0.05) is 5.56 Å². The van der Waals surface area contributed by atoms with Crippen molar-refractivity contribution in [2.45, 2.75) is 32.7 Å². The zero-order valence-corrected chi connectivity index (χ0v) is 12.6. The first kappa shape index (κ1) is 13.6. The van der Waals surface area contributed by atoms with E-state index in [0.717, 1.165) is 18.5 Å². The van der Waals surface area contributed by atoms with Crippen molar-refractivity contribution in [2.24, 2.45) is 5.41 Å². The molecule has 7 heteroatoms. The highest BCUT2D eigenvalue weighted by Crippen LogP contribution is 2.50. The molecule has 1 aliphatic rings. The molecule has 0 radical (unpaired) electrons. The third-order valence-electron chi connectivity index (χ3n) is 4.04. The molecule has 0 bridgehead atoms. The van der Waals surface area contributed by atoms with E-state index in [2.05, 4.69) is 22.4 Å². The Labute approximate surface area is 127 Å². The van der Waals surface area contributed by atoms with Crippen LogP contribution in [0, 0.1) is 5.41 Å². The lowest BCUT2D eigenvalue weighted by Crippen LogP contribution is -2.13. The fourth-order valence-electron chi connectivity index (χ4n) is 2.38. The molecule has 3 rings (SSSR count). The first-order valence-corrected chi connectivity index (χ1v) is 7.31. The molecule has 2 aromatic rings. The zero-order chi connectivity index (χ0) is 14.3. The van der Waals surface area contributed by atoms with Crippen molar-refractivity contribution >= 4 is 28.9 Å². The van der Waals surface area contributed by atoms with Gasteiger partial charge in [-0.1, -0.05) is 30.1 Å². The molecular formula is C13H15Cl2N5. The molecule has 0 atom stereocenters. The first-order valence-electron chi connectivity index (χ1n) is 6.56. The van der Waals surface area contributed by atoms with E-state index < -0.39 is 0 Å². The van der Waals surface area contributed by atoms with Gasteiger partial charge in [-0.3, -0.25) is 0 Å². The highest BCUT2D eigenvalue weighted by Gasteiger charge is 2.41. The third kappa shape index (κ3) is 2.36. The Hall–Kier alpha value is -1.33. The number of nitrogens with zero attached hydrogens (tertiary/aromatic N) is 4. The summed E-state index contributed by atoms with van der Waals surface area (Å²) in [6, 6.07) is 3.50. The first-order chi connectivity index (χ1) is 9.54. The van der Waals surface area contributed by atoms with Crippen LogP contribution in [0.5, 0.6) is 0 Å². The smallest absolute Gasteiger partial charge is 0.182 e. The van der Waals surface area contributed by atoms with E-state index in [1.165, 1.54) is 12.8 Å². The van der Waals surface area contributed by atoms with E-state index in [1.807, 2.05) is 4.68 Å². The minimum absolute atomic E-state index is 0.353. The molecule has 1 aromatic heterocycles. The van der Waals surface area contributed by atoms with E-state index in [1.54, 1.807) is 12.1 Å². The van der Waals surface area contributed by atoms with Crippen LogP contribution in [0.15, 0.2) is 12.1 Å². The van der Waals surface area contributed by atoms with E-state index >= 15 is 0 Å². The third-order valence-corrected chi connectivity index (χ3v) is 4.86. The van der Waals surface area contributed by atoms with Crippen LogP contribution in [0.4, 0.5) is 5.69 Å². The van der Waals surface area contributed by atoms with Crippen molar-refractivity contribution in [2.75, 3.05) is 5.73 Å². The summed E-state index contributed by atoms with van der Waals surface area (Å²) >= 11 is 12.0. The van der Waals surface area contributed by atoms with Crippen LogP contribution in [0.3, 0.4) is 0 Å². The van der Waals surface area contributed by atoms with Gasteiger partial charge >= 0.3 is 0 Å². The van der Waals surface area contributed by atoms with Gasteiger partial charge in [-0.25, -0.2) is 4.68 Å². The second-order valence-corrected chi connectivity index (χ2v) is 6.16. The SMILES string of the molecule is CCC1(Cn2nnnc2-c2cc(N)c(Cl)c(Cl)c2)CC1. The molecule has 0 saturated heterocycles. The number of halogens is 2. The van der Waals surface area contributed by atoms with Gasteiger partial charge in [-0.2, -0.15) is 0 Å². The van der Waals surface area contributed by atoms with E-state index in [4.69, 9.17) is 28.9 Å². The van der Waals surface area contributed by atoms with Gasteiger partial charge < -0.3 is 5.73 Å². The molecular weight excluding hydrogens is 297 g/mol.